The summed E-state index contributed by atoms with van der Waals surface area (Å²) < 4.78 is 16.7. The van der Waals surface area contributed by atoms with Crippen LogP contribution in [0.4, 0.5) is 10.6 Å². The molecule has 0 spiro atoms. The van der Waals surface area contributed by atoms with Crippen LogP contribution in [0, 0.1) is 5.92 Å². The summed E-state index contributed by atoms with van der Waals surface area (Å²) in [5, 5.41) is 3.99. The highest BCUT2D eigenvalue weighted by Crippen LogP contribution is 2.31. The van der Waals surface area contributed by atoms with Crippen molar-refractivity contribution in [2.24, 2.45) is 5.92 Å². The maximum atomic E-state index is 12.1. The van der Waals surface area contributed by atoms with Crippen molar-refractivity contribution in [3.63, 3.8) is 0 Å². The van der Waals surface area contributed by atoms with Gasteiger partial charge in [-0.2, -0.15) is 0 Å². The number of aromatic nitrogens is 2. The Morgan fingerprint density at radius 1 is 0.940 bits per heavy atom. The number of hydrogen-bond donors (Lipinski definition) is 1. The molecule has 3 aromatic rings. The third-order valence-corrected chi connectivity index (χ3v) is 9.08. The van der Waals surface area contributed by atoms with E-state index in [9.17, 15) is 9.59 Å². The van der Waals surface area contributed by atoms with E-state index in [2.05, 4.69) is 26.1 Å². The summed E-state index contributed by atoms with van der Waals surface area (Å²) >= 11 is 12.7. The second-order valence-electron chi connectivity index (χ2n) is 13.8. The molecule has 5 rings (SSSR count). The largest absolute Gasteiger partial charge is 0.466 e. The number of benzene rings is 1. The lowest BCUT2D eigenvalue weighted by atomic mass is 9.96. The van der Waals surface area contributed by atoms with Gasteiger partial charge in [0.25, 0.3) is 0 Å². The van der Waals surface area contributed by atoms with Crippen LogP contribution in [0.5, 0.6) is 11.6 Å². The molecule has 0 radical (unpaired) electrons. The van der Waals surface area contributed by atoms with Gasteiger partial charge in [0.15, 0.2) is 0 Å². The maximum absolute atomic E-state index is 12.1. The predicted octanol–water partition coefficient (Wildman–Crippen LogP) is 7.05. The number of piperidine rings is 1. The average Bonchev–Trinajstić information content (AvgIpc) is 3.06. The van der Waals surface area contributed by atoms with Gasteiger partial charge in [-0.3, -0.25) is 14.6 Å². The van der Waals surface area contributed by atoms with Gasteiger partial charge in [0.1, 0.15) is 17.2 Å². The first-order chi connectivity index (χ1) is 23.9. The van der Waals surface area contributed by atoms with Gasteiger partial charge in [-0.05, 0) is 102 Å². The molecule has 2 aliphatic heterocycles. The Balaban J connectivity index is 1.21. The second-order valence-corrected chi connectivity index (χ2v) is 14.7. The normalized spacial score (nSPS) is 16.2. The number of nitrogens with zero attached hydrogens (tertiary/aromatic N) is 5. The van der Waals surface area contributed by atoms with Gasteiger partial charge in [-0.25, -0.2) is 14.8 Å². The lowest BCUT2D eigenvalue weighted by Gasteiger charge is -2.35. The van der Waals surface area contributed by atoms with Gasteiger partial charge in [-0.15, -0.1) is 0 Å². The molecular formula is C37H48Cl2N6O5. The van der Waals surface area contributed by atoms with Crippen molar-refractivity contribution < 1.29 is 23.8 Å². The molecule has 1 N–H and O–H groups in total. The molecule has 1 amide bonds. The molecule has 2 fully saturated rings. The van der Waals surface area contributed by atoms with Gasteiger partial charge in [-0.1, -0.05) is 23.2 Å². The van der Waals surface area contributed by atoms with E-state index in [1.807, 2.05) is 58.0 Å². The van der Waals surface area contributed by atoms with E-state index >= 15 is 0 Å². The molecular weight excluding hydrogens is 679 g/mol. The minimum atomic E-state index is -0.513. The number of hydrogen-bond acceptors (Lipinski definition) is 10. The van der Waals surface area contributed by atoms with Crippen LogP contribution in [0.2, 0.25) is 10.0 Å². The molecule has 4 heterocycles. The third kappa shape index (κ3) is 11.7. The van der Waals surface area contributed by atoms with Gasteiger partial charge in [0, 0.05) is 67.5 Å². The zero-order valence-electron chi connectivity index (χ0n) is 29.4. The molecule has 13 heteroatoms. The molecule has 50 heavy (non-hydrogen) atoms. The number of pyridine rings is 2. The fraction of sp³-hybridized carbons (Fsp3) is 0.514. The number of ether oxygens (including phenoxy) is 3. The first-order valence-corrected chi connectivity index (χ1v) is 18.1. The van der Waals surface area contributed by atoms with Gasteiger partial charge in [0.2, 0.25) is 5.88 Å². The van der Waals surface area contributed by atoms with Crippen LogP contribution >= 0.6 is 23.2 Å². The molecule has 0 atom stereocenters. The first-order valence-electron chi connectivity index (χ1n) is 17.4. The number of halogens is 2. The van der Waals surface area contributed by atoms with Crippen LogP contribution in [0.1, 0.15) is 52.5 Å². The molecule has 2 aromatic heterocycles. The van der Waals surface area contributed by atoms with Crippen molar-refractivity contribution in [1.29, 1.82) is 0 Å². The van der Waals surface area contributed by atoms with Gasteiger partial charge in [0.05, 0.1) is 24.9 Å². The van der Waals surface area contributed by atoms with E-state index in [-0.39, 0.29) is 12.1 Å². The summed E-state index contributed by atoms with van der Waals surface area (Å²) in [6.45, 7) is 15.0. The number of alkyl carbamates (subject to hydrolysis) is 1. The predicted molar refractivity (Wildman–Crippen MR) is 196 cm³/mol. The van der Waals surface area contributed by atoms with Crippen LogP contribution in [0.15, 0.2) is 48.7 Å². The highest BCUT2D eigenvalue weighted by Gasteiger charge is 2.23. The summed E-state index contributed by atoms with van der Waals surface area (Å²) in [5.74, 6) is 2.16. The van der Waals surface area contributed by atoms with E-state index in [1.54, 1.807) is 12.3 Å². The van der Waals surface area contributed by atoms with E-state index in [1.165, 1.54) is 0 Å². The summed E-state index contributed by atoms with van der Waals surface area (Å²) in [4.78, 5) is 40.3. The lowest BCUT2D eigenvalue weighted by molar-refractivity contribution is -0.143. The Bertz CT molecular complexity index is 1570. The van der Waals surface area contributed by atoms with Crippen LogP contribution in [0.3, 0.4) is 0 Å². The number of amides is 1. The fourth-order valence-electron chi connectivity index (χ4n) is 6.12. The SMILES string of the molecule is CCOC(=O)CCN1CCN(c2ccc(Oc3cc(CN4CCC(CNC(=O)OC(C)(C)C)CC4)cc(-c4cc(Cl)cc(Cl)c4)n3)cn2)CC1. The molecule has 0 bridgehead atoms. The van der Waals surface area contributed by atoms with Crippen LogP contribution in [0.25, 0.3) is 11.3 Å². The maximum Gasteiger partial charge on any atom is 0.407 e. The Kier molecular flexibility index (Phi) is 13.2. The molecule has 0 unspecified atom stereocenters. The van der Waals surface area contributed by atoms with Crippen molar-refractivity contribution in [2.75, 3.05) is 63.9 Å². The molecule has 270 valence electrons. The zero-order chi connectivity index (χ0) is 35.7. The molecule has 0 saturated carbocycles. The number of anilines is 1. The molecule has 2 aliphatic rings. The monoisotopic (exact) mass is 726 g/mol. The zero-order valence-corrected chi connectivity index (χ0v) is 30.9. The summed E-state index contributed by atoms with van der Waals surface area (Å²) in [5.41, 5.74) is 2.05. The summed E-state index contributed by atoms with van der Waals surface area (Å²) in [7, 11) is 0. The van der Waals surface area contributed by atoms with Gasteiger partial charge >= 0.3 is 12.1 Å². The molecule has 11 nitrogen and oxygen atoms in total. The van der Waals surface area contributed by atoms with Crippen LogP contribution < -0.4 is 15.0 Å². The number of esters is 1. The Morgan fingerprint density at radius 2 is 1.66 bits per heavy atom. The topological polar surface area (TPSA) is 109 Å². The Morgan fingerprint density at radius 3 is 2.30 bits per heavy atom. The average molecular weight is 728 g/mol. The summed E-state index contributed by atoms with van der Waals surface area (Å²) in [6.07, 6.45) is 3.71. The standard InChI is InChI=1S/C37H48Cl2N6O5/c1-5-48-35(46)10-13-43-14-16-45(17-15-43)33-7-6-31(24-40-33)49-34-19-27(18-32(42-34)28-20-29(38)22-30(39)21-28)25-44-11-8-26(9-12-44)23-41-36(47)50-37(2,3)4/h6-7,18-22,24,26H,5,8-17,23,25H2,1-4H3,(H,41,47). The quantitative estimate of drug-likeness (QED) is 0.195. The van der Waals surface area contributed by atoms with Crippen molar-refractivity contribution in [3.05, 3.63) is 64.3 Å². The molecule has 0 aliphatic carbocycles. The van der Waals surface area contributed by atoms with Crippen LogP contribution in [-0.4, -0.2) is 96.4 Å². The summed E-state index contributed by atoms with van der Waals surface area (Å²) in [6, 6.07) is 13.3. The minimum Gasteiger partial charge on any atom is -0.466 e. The van der Waals surface area contributed by atoms with Crippen LogP contribution in [-0.2, 0) is 20.8 Å². The fourth-order valence-corrected chi connectivity index (χ4v) is 6.65. The highest BCUT2D eigenvalue weighted by molar-refractivity contribution is 6.35. The number of rotatable bonds is 12. The third-order valence-electron chi connectivity index (χ3n) is 8.64. The van der Waals surface area contributed by atoms with Crippen molar-refractivity contribution >= 4 is 41.1 Å². The number of likely N-dealkylation sites (tertiary alicyclic amines) is 1. The van der Waals surface area contributed by atoms with Crippen molar-refractivity contribution in [1.82, 2.24) is 25.1 Å². The number of carbonyl (C=O) groups excluding carboxylic acids is 2. The Labute approximate surface area is 305 Å². The Hall–Kier alpha value is -3.64. The second kappa shape index (κ2) is 17.5. The number of nitrogens with one attached hydrogen (secondary N) is 1. The minimum absolute atomic E-state index is 0.151. The van der Waals surface area contributed by atoms with Crippen molar-refractivity contribution in [3.8, 4) is 22.9 Å². The molecule has 1 aromatic carbocycles. The highest BCUT2D eigenvalue weighted by atomic mass is 35.5. The smallest absolute Gasteiger partial charge is 0.407 e. The number of piperazine rings is 1. The van der Waals surface area contributed by atoms with E-state index in [0.29, 0.717) is 59.4 Å². The van der Waals surface area contributed by atoms with E-state index in [4.69, 9.17) is 47.4 Å². The van der Waals surface area contributed by atoms with E-state index in [0.717, 1.165) is 75.6 Å². The first kappa shape index (κ1) is 37.6. The van der Waals surface area contributed by atoms with Crippen molar-refractivity contribution in [2.45, 2.75) is 59.1 Å². The van der Waals surface area contributed by atoms with E-state index < -0.39 is 5.60 Å². The van der Waals surface area contributed by atoms with Gasteiger partial charge < -0.3 is 24.4 Å². The molecule has 2 saturated heterocycles. The number of carbonyl (C=O) groups is 2. The lowest BCUT2D eigenvalue weighted by Crippen LogP contribution is -2.47.